The van der Waals surface area contributed by atoms with E-state index in [0.29, 0.717) is 22.7 Å². The van der Waals surface area contributed by atoms with Crippen LogP contribution in [-0.4, -0.2) is 49.4 Å². The van der Waals surface area contributed by atoms with Crippen LogP contribution in [0.4, 0.5) is 11.4 Å². The van der Waals surface area contributed by atoms with Crippen molar-refractivity contribution >= 4 is 29.1 Å². The number of carbonyl (C=O) groups excluding carboxylic acids is 3. The van der Waals surface area contributed by atoms with Gasteiger partial charge in [-0.3, -0.25) is 19.3 Å². The van der Waals surface area contributed by atoms with Crippen molar-refractivity contribution in [1.29, 1.82) is 0 Å². The SMILES string of the molecule is COc1cccc(NC(=O)CN(C)[C@@H](C)C(=O)Nc2ccc(C(N)=O)cc2)c1. The molecule has 1 atom stereocenters. The Labute approximate surface area is 163 Å². The molecule has 28 heavy (non-hydrogen) atoms. The van der Waals surface area contributed by atoms with Crippen LogP contribution in [0.3, 0.4) is 0 Å². The number of primary amides is 1. The number of nitrogens with zero attached hydrogens (tertiary/aromatic N) is 1. The molecule has 0 bridgehead atoms. The third-order valence-corrected chi connectivity index (χ3v) is 4.22. The van der Waals surface area contributed by atoms with E-state index in [1.165, 1.54) is 12.1 Å². The molecule has 8 nitrogen and oxygen atoms in total. The first kappa shape index (κ1) is 20.9. The predicted molar refractivity (Wildman–Crippen MR) is 107 cm³/mol. The van der Waals surface area contributed by atoms with E-state index in [0.717, 1.165) is 0 Å². The number of amides is 3. The number of hydrogen-bond acceptors (Lipinski definition) is 5. The van der Waals surface area contributed by atoms with E-state index in [1.807, 2.05) is 0 Å². The van der Waals surface area contributed by atoms with E-state index in [-0.39, 0.29) is 18.4 Å². The summed E-state index contributed by atoms with van der Waals surface area (Å²) < 4.78 is 5.12. The topological polar surface area (TPSA) is 114 Å². The van der Waals surface area contributed by atoms with Crippen LogP contribution in [0.15, 0.2) is 48.5 Å². The molecule has 0 fully saturated rings. The minimum Gasteiger partial charge on any atom is -0.497 e. The lowest BCUT2D eigenvalue weighted by molar-refractivity contribution is -0.122. The summed E-state index contributed by atoms with van der Waals surface area (Å²) >= 11 is 0. The molecule has 2 aromatic carbocycles. The van der Waals surface area contributed by atoms with E-state index in [4.69, 9.17) is 10.5 Å². The smallest absolute Gasteiger partial charge is 0.248 e. The second-order valence-electron chi connectivity index (χ2n) is 6.30. The zero-order chi connectivity index (χ0) is 20.7. The molecule has 3 amide bonds. The summed E-state index contributed by atoms with van der Waals surface area (Å²) in [5, 5.41) is 5.52. The third kappa shape index (κ3) is 5.82. The van der Waals surface area contributed by atoms with Crippen LogP contribution in [0, 0.1) is 0 Å². The van der Waals surface area contributed by atoms with Crippen molar-refractivity contribution in [3.8, 4) is 5.75 Å². The summed E-state index contributed by atoms with van der Waals surface area (Å²) in [6, 6.07) is 12.7. The lowest BCUT2D eigenvalue weighted by atomic mass is 10.2. The average Bonchev–Trinajstić information content (AvgIpc) is 2.67. The molecule has 2 rings (SSSR count). The Bertz CT molecular complexity index is 852. The second kappa shape index (κ2) is 9.52. The first-order valence-corrected chi connectivity index (χ1v) is 8.65. The number of hydrogen-bond donors (Lipinski definition) is 3. The first-order valence-electron chi connectivity index (χ1n) is 8.65. The number of anilines is 2. The van der Waals surface area contributed by atoms with Gasteiger partial charge >= 0.3 is 0 Å². The van der Waals surface area contributed by atoms with Crippen LogP contribution >= 0.6 is 0 Å². The van der Waals surface area contributed by atoms with Gasteiger partial charge in [0.05, 0.1) is 19.7 Å². The minimum atomic E-state index is -0.549. The number of carbonyl (C=O) groups is 3. The van der Waals surface area contributed by atoms with E-state index in [1.54, 1.807) is 62.4 Å². The summed E-state index contributed by atoms with van der Waals surface area (Å²) in [4.78, 5) is 37.4. The van der Waals surface area contributed by atoms with Crippen LogP contribution in [0.2, 0.25) is 0 Å². The van der Waals surface area contributed by atoms with Gasteiger partial charge in [-0.25, -0.2) is 0 Å². The fraction of sp³-hybridized carbons (Fsp3) is 0.250. The minimum absolute atomic E-state index is 0.0341. The van der Waals surface area contributed by atoms with Gasteiger partial charge in [-0.2, -0.15) is 0 Å². The van der Waals surface area contributed by atoms with E-state index < -0.39 is 11.9 Å². The number of benzene rings is 2. The van der Waals surface area contributed by atoms with Crippen LogP contribution in [0.25, 0.3) is 0 Å². The molecule has 2 aromatic rings. The van der Waals surface area contributed by atoms with Crippen molar-refractivity contribution in [3.05, 3.63) is 54.1 Å². The standard InChI is InChI=1S/C20H24N4O4/c1-13(20(27)23-15-9-7-14(8-10-15)19(21)26)24(2)12-18(25)22-16-5-4-6-17(11-16)28-3/h4-11,13H,12H2,1-3H3,(H2,21,26)(H,22,25)(H,23,27)/t13-/m0/s1. The van der Waals surface area contributed by atoms with Crippen LogP contribution in [0.5, 0.6) is 5.75 Å². The normalized spacial score (nSPS) is 11.6. The Morgan fingerprint density at radius 2 is 1.75 bits per heavy atom. The van der Waals surface area contributed by atoms with Gasteiger partial charge in [-0.1, -0.05) is 6.07 Å². The summed E-state index contributed by atoms with van der Waals surface area (Å²) in [5.41, 5.74) is 6.70. The molecule has 0 aliphatic heterocycles. The van der Waals surface area contributed by atoms with Gasteiger partial charge < -0.3 is 21.1 Å². The average molecular weight is 384 g/mol. The maximum atomic E-state index is 12.4. The molecule has 8 heteroatoms. The molecular formula is C20H24N4O4. The highest BCUT2D eigenvalue weighted by Crippen LogP contribution is 2.16. The first-order chi connectivity index (χ1) is 13.3. The maximum absolute atomic E-state index is 12.4. The van der Waals surface area contributed by atoms with E-state index >= 15 is 0 Å². The fourth-order valence-electron chi connectivity index (χ4n) is 2.43. The molecular weight excluding hydrogens is 360 g/mol. The molecule has 4 N–H and O–H groups in total. The highest BCUT2D eigenvalue weighted by molar-refractivity contribution is 5.97. The molecule has 0 saturated heterocycles. The number of rotatable bonds is 8. The highest BCUT2D eigenvalue weighted by atomic mass is 16.5. The molecule has 0 unspecified atom stereocenters. The van der Waals surface area contributed by atoms with Crippen molar-refractivity contribution in [2.45, 2.75) is 13.0 Å². The molecule has 0 aliphatic carbocycles. The molecule has 0 heterocycles. The van der Waals surface area contributed by atoms with Crippen LogP contribution in [-0.2, 0) is 9.59 Å². The van der Waals surface area contributed by atoms with Crippen LogP contribution < -0.4 is 21.1 Å². The zero-order valence-electron chi connectivity index (χ0n) is 16.1. The van der Waals surface area contributed by atoms with Crippen molar-refractivity contribution in [3.63, 3.8) is 0 Å². The second-order valence-corrected chi connectivity index (χ2v) is 6.30. The number of nitrogens with one attached hydrogen (secondary N) is 2. The molecule has 0 radical (unpaired) electrons. The Morgan fingerprint density at radius 3 is 2.36 bits per heavy atom. The van der Waals surface area contributed by atoms with Crippen molar-refractivity contribution < 1.29 is 19.1 Å². The van der Waals surface area contributed by atoms with Crippen molar-refractivity contribution in [1.82, 2.24) is 4.90 Å². The van der Waals surface area contributed by atoms with Gasteiger partial charge in [-0.15, -0.1) is 0 Å². The van der Waals surface area contributed by atoms with Gasteiger partial charge in [0, 0.05) is 23.0 Å². The summed E-state index contributed by atoms with van der Waals surface area (Å²) in [5.74, 6) is -0.418. The zero-order valence-corrected chi connectivity index (χ0v) is 16.1. The molecule has 148 valence electrons. The quantitative estimate of drug-likeness (QED) is 0.641. The largest absolute Gasteiger partial charge is 0.497 e. The number of ether oxygens (including phenoxy) is 1. The van der Waals surface area contributed by atoms with E-state index in [9.17, 15) is 14.4 Å². The van der Waals surface area contributed by atoms with Gasteiger partial charge in [0.2, 0.25) is 17.7 Å². The number of nitrogens with two attached hydrogens (primary N) is 1. The molecule has 0 aliphatic rings. The van der Waals surface area contributed by atoms with Crippen molar-refractivity contribution in [2.75, 3.05) is 31.3 Å². The Morgan fingerprint density at radius 1 is 1.07 bits per heavy atom. The predicted octanol–water partition coefficient (Wildman–Crippen LogP) is 1.69. The summed E-state index contributed by atoms with van der Waals surface area (Å²) in [6.45, 7) is 1.73. The monoisotopic (exact) mass is 384 g/mol. The number of methoxy groups -OCH3 is 1. The lowest BCUT2D eigenvalue weighted by Gasteiger charge is -2.23. The Balaban J connectivity index is 1.89. The third-order valence-electron chi connectivity index (χ3n) is 4.22. The Kier molecular flexibility index (Phi) is 7.11. The molecule has 0 spiro atoms. The van der Waals surface area contributed by atoms with Crippen LogP contribution in [0.1, 0.15) is 17.3 Å². The van der Waals surface area contributed by atoms with Gasteiger partial charge in [0.1, 0.15) is 5.75 Å². The molecule has 0 saturated carbocycles. The Hall–Kier alpha value is -3.39. The molecule has 0 aromatic heterocycles. The van der Waals surface area contributed by atoms with Crippen molar-refractivity contribution in [2.24, 2.45) is 5.73 Å². The summed E-state index contributed by atoms with van der Waals surface area (Å²) in [7, 11) is 3.24. The lowest BCUT2D eigenvalue weighted by Crippen LogP contribution is -2.43. The number of likely N-dealkylation sites (N-methyl/N-ethyl adjacent to an activating group) is 1. The van der Waals surface area contributed by atoms with Gasteiger partial charge in [0.25, 0.3) is 0 Å². The van der Waals surface area contributed by atoms with E-state index in [2.05, 4.69) is 10.6 Å². The highest BCUT2D eigenvalue weighted by Gasteiger charge is 2.20. The summed E-state index contributed by atoms with van der Waals surface area (Å²) in [6.07, 6.45) is 0. The maximum Gasteiger partial charge on any atom is 0.248 e. The fourth-order valence-corrected chi connectivity index (χ4v) is 2.43. The van der Waals surface area contributed by atoms with Gasteiger partial charge in [0.15, 0.2) is 0 Å². The van der Waals surface area contributed by atoms with Gasteiger partial charge in [-0.05, 0) is 50.4 Å².